The van der Waals surface area contributed by atoms with E-state index < -0.39 is 0 Å². The van der Waals surface area contributed by atoms with Crippen molar-refractivity contribution in [3.63, 3.8) is 0 Å². The molecule has 0 saturated heterocycles. The lowest BCUT2D eigenvalue weighted by molar-refractivity contribution is 0.164. The Kier molecular flexibility index (Phi) is 2.84. The highest BCUT2D eigenvalue weighted by Gasteiger charge is 2.29. The van der Waals surface area contributed by atoms with E-state index in [-0.39, 0.29) is 6.10 Å². The highest BCUT2D eigenvalue weighted by molar-refractivity contribution is 5.55. The van der Waals surface area contributed by atoms with Crippen molar-refractivity contribution in [1.29, 1.82) is 5.26 Å². The number of aliphatic hydroxyl groups is 1. The number of aliphatic hydroxyl groups excluding tert-OH is 1. The first-order chi connectivity index (χ1) is 7.63. The van der Waals surface area contributed by atoms with Gasteiger partial charge in [-0.25, -0.2) is 0 Å². The molecule has 1 aromatic heterocycles. The molecule has 86 valence electrons. The van der Waals surface area contributed by atoms with Crippen LogP contribution >= 0.6 is 0 Å². The van der Waals surface area contributed by atoms with Gasteiger partial charge in [-0.15, -0.1) is 0 Å². The number of nitrogens with zero attached hydrogens (tertiary/aromatic N) is 3. The highest BCUT2D eigenvalue weighted by atomic mass is 16.3. The number of aromatic nitrogens is 2. The molecule has 1 aromatic rings. The first-order valence-corrected chi connectivity index (χ1v) is 5.49. The molecule has 0 spiro atoms. The fourth-order valence-corrected chi connectivity index (χ4v) is 1.84. The summed E-state index contributed by atoms with van der Waals surface area (Å²) in [5.41, 5.74) is 1.28. The van der Waals surface area contributed by atoms with E-state index in [1.54, 1.807) is 18.7 Å². The lowest BCUT2D eigenvalue weighted by Gasteiger charge is -2.11. The van der Waals surface area contributed by atoms with Crippen molar-refractivity contribution in [3.05, 3.63) is 11.3 Å². The van der Waals surface area contributed by atoms with Crippen molar-refractivity contribution in [2.75, 3.05) is 11.9 Å². The summed E-state index contributed by atoms with van der Waals surface area (Å²) in [6, 6.07) is 2.13. The maximum atomic E-state index is 9.74. The van der Waals surface area contributed by atoms with Crippen LogP contribution in [-0.2, 0) is 7.05 Å². The summed E-state index contributed by atoms with van der Waals surface area (Å²) < 4.78 is 1.65. The van der Waals surface area contributed by atoms with Gasteiger partial charge in [0, 0.05) is 13.6 Å². The van der Waals surface area contributed by atoms with Gasteiger partial charge in [0.15, 0.2) is 0 Å². The molecule has 0 radical (unpaired) electrons. The molecule has 0 aromatic carbocycles. The van der Waals surface area contributed by atoms with Gasteiger partial charge >= 0.3 is 0 Å². The predicted octanol–water partition coefficient (Wildman–Crippen LogP) is 0.783. The molecule has 0 amide bonds. The molecular weight excluding hydrogens is 204 g/mol. The van der Waals surface area contributed by atoms with Crippen LogP contribution in [-0.4, -0.2) is 27.5 Å². The molecule has 1 aliphatic rings. The first-order valence-electron chi connectivity index (χ1n) is 5.49. The number of aryl methyl sites for hydroxylation is 2. The van der Waals surface area contributed by atoms with Crippen molar-refractivity contribution in [1.82, 2.24) is 9.78 Å². The molecule has 1 atom stereocenters. The minimum Gasteiger partial charge on any atom is -0.391 e. The third-order valence-corrected chi connectivity index (χ3v) is 2.98. The first kappa shape index (κ1) is 11.0. The summed E-state index contributed by atoms with van der Waals surface area (Å²) in [6.07, 6.45) is 1.90. The van der Waals surface area contributed by atoms with Gasteiger partial charge in [0.05, 0.1) is 11.8 Å². The zero-order chi connectivity index (χ0) is 11.7. The Morgan fingerprint density at radius 3 is 2.94 bits per heavy atom. The molecule has 5 heteroatoms. The zero-order valence-corrected chi connectivity index (χ0v) is 9.56. The fourth-order valence-electron chi connectivity index (χ4n) is 1.84. The molecule has 1 unspecified atom stereocenters. The maximum Gasteiger partial charge on any atom is 0.142 e. The second-order valence-electron chi connectivity index (χ2n) is 4.33. The van der Waals surface area contributed by atoms with E-state index in [4.69, 9.17) is 5.26 Å². The zero-order valence-electron chi connectivity index (χ0n) is 9.56. The Morgan fingerprint density at radius 1 is 1.69 bits per heavy atom. The van der Waals surface area contributed by atoms with Gasteiger partial charge in [-0.1, -0.05) is 0 Å². The Balaban J connectivity index is 2.05. The largest absolute Gasteiger partial charge is 0.391 e. The van der Waals surface area contributed by atoms with Crippen molar-refractivity contribution < 1.29 is 5.11 Å². The van der Waals surface area contributed by atoms with Gasteiger partial charge in [-0.05, 0) is 25.7 Å². The Labute approximate surface area is 94.7 Å². The van der Waals surface area contributed by atoms with Gasteiger partial charge in [0.25, 0.3) is 0 Å². The number of hydrogen-bond acceptors (Lipinski definition) is 4. The third kappa shape index (κ3) is 2.02. The van der Waals surface area contributed by atoms with E-state index in [0.29, 0.717) is 29.5 Å². The van der Waals surface area contributed by atoms with Crippen LogP contribution in [0.1, 0.15) is 24.1 Å². The normalized spacial score (nSPS) is 16.9. The lowest BCUT2D eigenvalue weighted by Crippen LogP contribution is -2.22. The summed E-state index contributed by atoms with van der Waals surface area (Å²) in [5.74, 6) is 1.13. The molecule has 0 aliphatic heterocycles. The van der Waals surface area contributed by atoms with Crippen LogP contribution in [0.25, 0.3) is 0 Å². The molecule has 16 heavy (non-hydrogen) atoms. The third-order valence-electron chi connectivity index (χ3n) is 2.98. The Bertz CT molecular complexity index is 428. The monoisotopic (exact) mass is 220 g/mol. The van der Waals surface area contributed by atoms with E-state index in [0.717, 1.165) is 12.8 Å². The molecule has 1 saturated carbocycles. The number of rotatable bonds is 4. The molecule has 1 fully saturated rings. The summed E-state index contributed by atoms with van der Waals surface area (Å²) in [4.78, 5) is 0. The predicted molar refractivity (Wildman–Crippen MR) is 59.9 cm³/mol. The average molecular weight is 220 g/mol. The smallest absolute Gasteiger partial charge is 0.142 e. The Morgan fingerprint density at radius 2 is 2.38 bits per heavy atom. The van der Waals surface area contributed by atoms with Crippen molar-refractivity contribution in [2.24, 2.45) is 13.0 Å². The number of hydrogen-bond donors (Lipinski definition) is 2. The molecule has 5 nitrogen and oxygen atoms in total. The second kappa shape index (κ2) is 4.14. The average Bonchev–Trinajstić information content (AvgIpc) is 3.03. The molecule has 1 heterocycles. The SMILES string of the molecule is Cc1nn(C)c(NCC(O)C2CC2)c1C#N. The second-order valence-corrected chi connectivity index (χ2v) is 4.33. The van der Waals surface area contributed by atoms with Crippen LogP contribution in [0.5, 0.6) is 0 Å². The van der Waals surface area contributed by atoms with Crippen LogP contribution in [0.2, 0.25) is 0 Å². The van der Waals surface area contributed by atoms with Crippen LogP contribution in [0.15, 0.2) is 0 Å². The summed E-state index contributed by atoms with van der Waals surface area (Å²) >= 11 is 0. The van der Waals surface area contributed by atoms with Crippen molar-refractivity contribution in [3.8, 4) is 6.07 Å². The van der Waals surface area contributed by atoms with Gasteiger partial charge < -0.3 is 10.4 Å². The summed E-state index contributed by atoms with van der Waals surface area (Å²) in [7, 11) is 1.79. The van der Waals surface area contributed by atoms with E-state index >= 15 is 0 Å². The van der Waals surface area contributed by atoms with Crippen LogP contribution in [0.3, 0.4) is 0 Å². The van der Waals surface area contributed by atoms with Crippen molar-refractivity contribution >= 4 is 5.82 Å². The molecule has 2 rings (SSSR count). The summed E-state index contributed by atoms with van der Waals surface area (Å²) in [6.45, 7) is 2.29. The van der Waals surface area contributed by atoms with Gasteiger partial charge in [-0.2, -0.15) is 10.4 Å². The topological polar surface area (TPSA) is 73.9 Å². The quantitative estimate of drug-likeness (QED) is 0.786. The number of nitrogens with one attached hydrogen (secondary N) is 1. The van der Waals surface area contributed by atoms with Gasteiger partial charge in [0.1, 0.15) is 17.5 Å². The van der Waals surface area contributed by atoms with Gasteiger partial charge in [0.2, 0.25) is 0 Å². The van der Waals surface area contributed by atoms with E-state index in [9.17, 15) is 5.11 Å². The highest BCUT2D eigenvalue weighted by Crippen LogP contribution is 2.32. The molecular formula is C11H16N4O. The van der Waals surface area contributed by atoms with Crippen molar-refractivity contribution in [2.45, 2.75) is 25.9 Å². The molecule has 1 aliphatic carbocycles. The standard InChI is InChI=1S/C11H16N4O/c1-7-9(5-12)11(15(2)14-7)13-6-10(16)8-3-4-8/h8,10,13,16H,3-4,6H2,1-2H3. The van der Waals surface area contributed by atoms with Crippen LogP contribution in [0.4, 0.5) is 5.82 Å². The molecule has 0 bridgehead atoms. The molecule has 2 N–H and O–H groups in total. The minimum atomic E-state index is -0.318. The number of nitriles is 1. The lowest BCUT2D eigenvalue weighted by atomic mass is 10.2. The van der Waals surface area contributed by atoms with Crippen LogP contribution in [0, 0.1) is 24.2 Å². The van der Waals surface area contributed by atoms with E-state index in [2.05, 4.69) is 16.5 Å². The summed E-state index contributed by atoms with van der Waals surface area (Å²) in [5, 5.41) is 26.0. The van der Waals surface area contributed by atoms with Crippen LogP contribution < -0.4 is 5.32 Å². The fraction of sp³-hybridized carbons (Fsp3) is 0.636. The maximum absolute atomic E-state index is 9.74. The van der Waals surface area contributed by atoms with E-state index in [1.165, 1.54) is 0 Å². The van der Waals surface area contributed by atoms with Gasteiger partial charge in [-0.3, -0.25) is 4.68 Å². The number of anilines is 1. The Hall–Kier alpha value is -1.54. The van der Waals surface area contributed by atoms with E-state index in [1.807, 2.05) is 0 Å². The minimum absolute atomic E-state index is 0.318.